The zero-order valence-corrected chi connectivity index (χ0v) is 18.8. The Balaban J connectivity index is 1.45. The normalized spacial score (nSPS) is 11.6. The Morgan fingerprint density at radius 2 is 1.71 bits per heavy atom. The van der Waals surface area contributed by atoms with Gasteiger partial charge in [0.05, 0.1) is 22.2 Å². The second-order valence-corrected chi connectivity index (χ2v) is 8.51. The van der Waals surface area contributed by atoms with Gasteiger partial charge in [-0.2, -0.15) is 5.10 Å². The molecule has 0 amide bonds. The van der Waals surface area contributed by atoms with Gasteiger partial charge in [-0.3, -0.25) is 15.1 Å². The summed E-state index contributed by atoms with van der Waals surface area (Å²) in [5.41, 5.74) is 9.19. The molecule has 166 valence electrons. The molecule has 8 heteroatoms. The predicted octanol–water partition coefficient (Wildman–Crippen LogP) is 4.69. The van der Waals surface area contributed by atoms with Gasteiger partial charge in [0.25, 0.3) is 0 Å². The highest BCUT2D eigenvalue weighted by atomic mass is 15.1. The van der Waals surface area contributed by atoms with Crippen LogP contribution in [0.5, 0.6) is 0 Å². The number of H-pyrrole nitrogens is 2. The molecule has 34 heavy (non-hydrogen) atoms. The van der Waals surface area contributed by atoms with E-state index in [1.165, 1.54) is 0 Å². The van der Waals surface area contributed by atoms with E-state index in [4.69, 9.17) is 9.97 Å². The molecule has 6 rings (SSSR count). The Morgan fingerprint density at radius 3 is 2.56 bits per heavy atom. The van der Waals surface area contributed by atoms with Crippen LogP contribution in [0.25, 0.3) is 56.0 Å². The Labute approximate surface area is 195 Å². The van der Waals surface area contributed by atoms with Crippen molar-refractivity contribution in [3.05, 3.63) is 78.9 Å². The molecule has 5 aromatic heterocycles. The van der Waals surface area contributed by atoms with Crippen molar-refractivity contribution in [3.63, 3.8) is 0 Å². The number of nitrogens with one attached hydrogen (secondary N) is 2. The zero-order chi connectivity index (χ0) is 23.1. The first-order valence-corrected chi connectivity index (χ1v) is 11.0. The second-order valence-electron chi connectivity index (χ2n) is 8.51. The second kappa shape index (κ2) is 8.17. The largest absolute Gasteiger partial charge is 0.336 e. The van der Waals surface area contributed by atoms with E-state index in [1.807, 2.05) is 62.9 Å². The molecule has 0 atom stereocenters. The first-order valence-electron chi connectivity index (χ1n) is 11.0. The number of aromatic nitrogens is 7. The third-order valence-electron chi connectivity index (χ3n) is 5.73. The Morgan fingerprint density at radius 1 is 0.824 bits per heavy atom. The summed E-state index contributed by atoms with van der Waals surface area (Å²) < 4.78 is 0. The average Bonchev–Trinajstić information content (AvgIpc) is 3.48. The van der Waals surface area contributed by atoms with E-state index in [-0.39, 0.29) is 0 Å². The molecule has 8 nitrogen and oxygen atoms in total. The van der Waals surface area contributed by atoms with Crippen molar-refractivity contribution in [2.75, 3.05) is 14.1 Å². The van der Waals surface area contributed by atoms with Crippen molar-refractivity contribution in [1.29, 1.82) is 0 Å². The summed E-state index contributed by atoms with van der Waals surface area (Å²) in [6.07, 6.45) is 7.31. The Kier molecular flexibility index (Phi) is 4.85. The van der Waals surface area contributed by atoms with Gasteiger partial charge < -0.3 is 9.88 Å². The van der Waals surface area contributed by atoms with E-state index in [9.17, 15) is 0 Å². The molecule has 0 fully saturated rings. The minimum absolute atomic E-state index is 0.673. The molecule has 0 aliphatic carbocycles. The van der Waals surface area contributed by atoms with Crippen LogP contribution < -0.4 is 0 Å². The van der Waals surface area contributed by atoms with Crippen molar-refractivity contribution >= 4 is 22.1 Å². The van der Waals surface area contributed by atoms with E-state index in [0.717, 1.165) is 56.6 Å². The van der Waals surface area contributed by atoms with Crippen LogP contribution in [-0.2, 0) is 6.54 Å². The van der Waals surface area contributed by atoms with E-state index in [0.29, 0.717) is 11.5 Å². The van der Waals surface area contributed by atoms with Gasteiger partial charge in [-0.05, 0) is 61.6 Å². The number of hydrogen-bond donors (Lipinski definition) is 2. The molecule has 0 saturated carbocycles. The van der Waals surface area contributed by atoms with Crippen molar-refractivity contribution in [1.82, 2.24) is 40.0 Å². The maximum Gasteiger partial charge on any atom is 0.161 e. The highest BCUT2D eigenvalue weighted by molar-refractivity contribution is 5.96. The molecule has 0 bridgehead atoms. The molecule has 6 aromatic rings. The van der Waals surface area contributed by atoms with Crippen molar-refractivity contribution < 1.29 is 0 Å². The fraction of sp³-hybridized carbons (Fsp3) is 0.115. The minimum atomic E-state index is 0.673. The number of pyridine rings is 3. The first-order chi connectivity index (χ1) is 16.7. The zero-order valence-electron chi connectivity index (χ0n) is 18.8. The monoisotopic (exact) mass is 446 g/mol. The van der Waals surface area contributed by atoms with Gasteiger partial charge in [-0.15, -0.1) is 0 Å². The van der Waals surface area contributed by atoms with Crippen LogP contribution >= 0.6 is 0 Å². The average molecular weight is 447 g/mol. The maximum atomic E-state index is 4.94. The summed E-state index contributed by atoms with van der Waals surface area (Å²) in [5, 5.41) is 7.63. The number of para-hydroxylation sites is 1. The summed E-state index contributed by atoms with van der Waals surface area (Å²) in [7, 11) is 4.09. The molecule has 0 aliphatic heterocycles. The number of aromatic amines is 2. The Bertz CT molecular complexity index is 1610. The van der Waals surface area contributed by atoms with E-state index < -0.39 is 0 Å². The highest BCUT2D eigenvalue weighted by Gasteiger charge is 2.17. The number of benzene rings is 1. The van der Waals surface area contributed by atoms with Gasteiger partial charge >= 0.3 is 0 Å². The fourth-order valence-electron chi connectivity index (χ4n) is 4.21. The van der Waals surface area contributed by atoms with Crippen LogP contribution in [0, 0.1) is 0 Å². The molecular formula is C26H22N8. The molecule has 2 N–H and O–H groups in total. The molecule has 0 radical (unpaired) electrons. The lowest BCUT2D eigenvalue weighted by Gasteiger charge is -2.10. The summed E-state index contributed by atoms with van der Waals surface area (Å²) in [4.78, 5) is 23.9. The van der Waals surface area contributed by atoms with Crippen LogP contribution in [0.15, 0.2) is 73.3 Å². The van der Waals surface area contributed by atoms with Gasteiger partial charge in [0, 0.05) is 42.5 Å². The van der Waals surface area contributed by atoms with Crippen LogP contribution in [-0.4, -0.2) is 54.1 Å². The van der Waals surface area contributed by atoms with E-state index in [2.05, 4.69) is 42.2 Å². The number of imidazole rings is 1. The third kappa shape index (κ3) is 3.60. The molecule has 0 spiro atoms. The van der Waals surface area contributed by atoms with E-state index >= 15 is 0 Å². The predicted molar refractivity (Wildman–Crippen MR) is 133 cm³/mol. The smallest absolute Gasteiger partial charge is 0.161 e. The maximum absolute atomic E-state index is 4.94. The van der Waals surface area contributed by atoms with Crippen LogP contribution in [0.3, 0.4) is 0 Å². The topological polar surface area (TPSA) is 99.3 Å². The van der Waals surface area contributed by atoms with Crippen LogP contribution in [0.2, 0.25) is 0 Å². The van der Waals surface area contributed by atoms with Gasteiger partial charge in [-0.1, -0.05) is 12.1 Å². The first kappa shape index (κ1) is 20.2. The number of hydrogen-bond acceptors (Lipinski definition) is 6. The highest BCUT2D eigenvalue weighted by Crippen LogP contribution is 2.31. The lowest BCUT2D eigenvalue weighted by molar-refractivity contribution is 0.402. The third-order valence-corrected chi connectivity index (χ3v) is 5.73. The van der Waals surface area contributed by atoms with Gasteiger partial charge in [0.15, 0.2) is 11.5 Å². The van der Waals surface area contributed by atoms with Crippen molar-refractivity contribution in [3.8, 4) is 33.9 Å². The molecule has 0 saturated heterocycles. The number of fused-ring (bicyclic) bond motifs is 2. The summed E-state index contributed by atoms with van der Waals surface area (Å²) in [6, 6.07) is 16.2. The quantitative estimate of drug-likeness (QED) is 0.399. The Hall–Kier alpha value is -4.43. The van der Waals surface area contributed by atoms with Crippen molar-refractivity contribution in [2.45, 2.75) is 6.54 Å². The van der Waals surface area contributed by atoms with Gasteiger partial charge in [0.1, 0.15) is 5.52 Å². The molecule has 0 aliphatic rings. The number of rotatable bonds is 5. The van der Waals surface area contributed by atoms with Gasteiger partial charge in [0.2, 0.25) is 0 Å². The fourth-order valence-corrected chi connectivity index (χ4v) is 4.21. The van der Waals surface area contributed by atoms with Gasteiger partial charge in [-0.25, -0.2) is 9.97 Å². The standard InChI is InChI=1S/C26H22N8/c1-34(2)15-16-12-18(14-28-13-16)20-6-7-22-24(29-20)25(33-32-22)26-30-21-5-3-4-19(23(21)31-26)17-8-10-27-11-9-17/h3-14H,15H2,1-2H3,(H,30,31)(H,32,33). The number of nitrogens with zero attached hydrogens (tertiary/aromatic N) is 6. The summed E-state index contributed by atoms with van der Waals surface area (Å²) in [5.74, 6) is 0.673. The van der Waals surface area contributed by atoms with Crippen LogP contribution in [0.4, 0.5) is 0 Å². The van der Waals surface area contributed by atoms with E-state index in [1.54, 1.807) is 12.4 Å². The minimum Gasteiger partial charge on any atom is -0.336 e. The van der Waals surface area contributed by atoms with Crippen molar-refractivity contribution in [2.24, 2.45) is 0 Å². The molecule has 5 heterocycles. The summed E-state index contributed by atoms with van der Waals surface area (Å²) in [6.45, 7) is 0.818. The molecular weight excluding hydrogens is 424 g/mol. The van der Waals surface area contributed by atoms with Crippen LogP contribution in [0.1, 0.15) is 5.56 Å². The molecule has 0 unspecified atom stereocenters. The summed E-state index contributed by atoms with van der Waals surface area (Å²) >= 11 is 0. The lowest BCUT2D eigenvalue weighted by Crippen LogP contribution is -2.10. The lowest BCUT2D eigenvalue weighted by atomic mass is 10.1. The molecule has 1 aromatic carbocycles. The SMILES string of the molecule is CN(C)Cc1cncc(-c2ccc3[nH]nc(-c4nc5c(-c6ccncc6)cccc5[nH]4)c3n2)c1.